The first kappa shape index (κ1) is 15.2. The zero-order chi connectivity index (χ0) is 14.5. The van der Waals surface area contributed by atoms with Crippen LogP contribution in [0.15, 0.2) is 18.8 Å². The maximum Gasteiger partial charge on any atom is 0.0626 e. The van der Waals surface area contributed by atoms with Gasteiger partial charge >= 0.3 is 0 Å². The molecule has 3 heteroatoms. The highest BCUT2D eigenvalue weighted by molar-refractivity contribution is 5.45. The predicted molar refractivity (Wildman–Crippen MR) is 83.7 cm³/mol. The summed E-state index contributed by atoms with van der Waals surface area (Å²) in [6.45, 7) is 11.5. The van der Waals surface area contributed by atoms with Crippen molar-refractivity contribution >= 4 is 6.08 Å². The van der Waals surface area contributed by atoms with Gasteiger partial charge in [-0.05, 0) is 42.0 Å². The maximum absolute atomic E-state index is 5.43. The number of pyridine rings is 1. The van der Waals surface area contributed by atoms with Crippen LogP contribution in [0.4, 0.5) is 0 Å². The van der Waals surface area contributed by atoms with E-state index in [4.69, 9.17) is 4.74 Å². The molecule has 0 aromatic carbocycles. The van der Waals surface area contributed by atoms with Crippen molar-refractivity contribution in [3.8, 4) is 0 Å². The summed E-state index contributed by atoms with van der Waals surface area (Å²) in [7, 11) is 1.81. The van der Waals surface area contributed by atoms with E-state index >= 15 is 0 Å². The van der Waals surface area contributed by atoms with E-state index in [1.807, 2.05) is 19.4 Å². The molecule has 1 aliphatic heterocycles. The van der Waals surface area contributed by atoms with Crippen LogP contribution in [-0.4, -0.2) is 36.2 Å². The second-order valence-electron chi connectivity index (χ2n) is 5.88. The molecule has 20 heavy (non-hydrogen) atoms. The third-order valence-electron chi connectivity index (χ3n) is 4.14. The minimum atomic E-state index is 0.442. The summed E-state index contributed by atoms with van der Waals surface area (Å²) in [5, 5.41) is 0. The quantitative estimate of drug-likeness (QED) is 0.822. The van der Waals surface area contributed by atoms with Gasteiger partial charge in [-0.3, -0.25) is 9.88 Å². The van der Waals surface area contributed by atoms with Crippen molar-refractivity contribution in [2.75, 3.05) is 20.2 Å². The summed E-state index contributed by atoms with van der Waals surface area (Å²) in [4.78, 5) is 6.97. The molecule has 1 fully saturated rings. The number of piperidine rings is 1. The Labute approximate surface area is 122 Å². The largest absolute Gasteiger partial charge is 0.381 e. The third-order valence-corrected chi connectivity index (χ3v) is 4.14. The summed E-state index contributed by atoms with van der Waals surface area (Å²) < 4.78 is 5.43. The highest BCUT2D eigenvalue weighted by atomic mass is 16.5. The van der Waals surface area contributed by atoms with Crippen LogP contribution in [0.25, 0.3) is 6.08 Å². The monoisotopic (exact) mass is 274 g/mol. The number of hydrogen-bond donors (Lipinski definition) is 0. The summed E-state index contributed by atoms with van der Waals surface area (Å²) in [6, 6.07) is 2.18. The second kappa shape index (κ2) is 7.00. The van der Waals surface area contributed by atoms with E-state index in [0.717, 1.165) is 38.2 Å². The van der Waals surface area contributed by atoms with Crippen molar-refractivity contribution < 1.29 is 4.74 Å². The molecule has 0 saturated carbocycles. The van der Waals surface area contributed by atoms with E-state index in [1.54, 1.807) is 0 Å². The van der Waals surface area contributed by atoms with Gasteiger partial charge in [-0.15, -0.1) is 0 Å². The molecule has 0 unspecified atom stereocenters. The Morgan fingerprint density at radius 1 is 1.45 bits per heavy atom. The van der Waals surface area contributed by atoms with Gasteiger partial charge in [0.25, 0.3) is 0 Å². The maximum atomic E-state index is 5.43. The molecule has 0 amide bonds. The van der Waals surface area contributed by atoms with E-state index in [0.29, 0.717) is 12.0 Å². The van der Waals surface area contributed by atoms with Gasteiger partial charge in [-0.1, -0.05) is 20.4 Å². The lowest BCUT2D eigenvalue weighted by Crippen LogP contribution is -2.36. The highest BCUT2D eigenvalue weighted by Gasteiger charge is 2.20. The average molecular weight is 274 g/mol. The zero-order valence-electron chi connectivity index (χ0n) is 12.9. The number of likely N-dealkylation sites (tertiary alicyclic amines) is 1. The normalized spacial score (nSPS) is 17.6. The standard InChI is InChI=1S/C17H26N2O/c1-5-15-10-17(13(2)3)14(11-18-15)12-19-8-6-16(20-4)7-9-19/h5,10-11,13,16H,1,6-9,12H2,2-4H3. The summed E-state index contributed by atoms with van der Waals surface area (Å²) in [5.41, 5.74) is 3.71. The van der Waals surface area contributed by atoms with Gasteiger partial charge in [0, 0.05) is 32.9 Å². The van der Waals surface area contributed by atoms with Crippen molar-refractivity contribution in [1.82, 2.24) is 9.88 Å². The van der Waals surface area contributed by atoms with Gasteiger partial charge < -0.3 is 4.74 Å². The first-order chi connectivity index (χ1) is 9.63. The molecule has 1 aromatic rings. The SMILES string of the molecule is C=Cc1cc(C(C)C)c(CN2CCC(OC)CC2)cn1. The van der Waals surface area contributed by atoms with E-state index in [-0.39, 0.29) is 0 Å². The number of methoxy groups -OCH3 is 1. The molecule has 0 bridgehead atoms. The fourth-order valence-electron chi connectivity index (χ4n) is 2.84. The topological polar surface area (TPSA) is 25.4 Å². The number of ether oxygens (including phenoxy) is 1. The Morgan fingerprint density at radius 2 is 2.15 bits per heavy atom. The number of rotatable bonds is 5. The van der Waals surface area contributed by atoms with Crippen molar-refractivity contribution in [3.63, 3.8) is 0 Å². The van der Waals surface area contributed by atoms with Crippen LogP contribution in [-0.2, 0) is 11.3 Å². The predicted octanol–water partition coefficient (Wildman–Crippen LogP) is 3.46. The molecule has 110 valence electrons. The molecule has 2 rings (SSSR count). The van der Waals surface area contributed by atoms with Crippen LogP contribution in [0.5, 0.6) is 0 Å². The molecular weight excluding hydrogens is 248 g/mol. The Balaban J connectivity index is 2.07. The first-order valence-electron chi connectivity index (χ1n) is 7.50. The number of nitrogens with zero attached hydrogens (tertiary/aromatic N) is 2. The van der Waals surface area contributed by atoms with Crippen molar-refractivity contribution in [1.29, 1.82) is 0 Å². The minimum Gasteiger partial charge on any atom is -0.381 e. The molecule has 1 aliphatic rings. The lowest BCUT2D eigenvalue weighted by atomic mass is 9.97. The summed E-state index contributed by atoms with van der Waals surface area (Å²) in [5.74, 6) is 0.517. The Kier molecular flexibility index (Phi) is 5.32. The molecule has 1 saturated heterocycles. The van der Waals surface area contributed by atoms with E-state index in [1.165, 1.54) is 11.1 Å². The molecule has 0 radical (unpaired) electrons. The molecule has 1 aromatic heterocycles. The minimum absolute atomic E-state index is 0.442. The molecule has 2 heterocycles. The van der Waals surface area contributed by atoms with Crippen molar-refractivity contribution in [3.05, 3.63) is 35.7 Å². The van der Waals surface area contributed by atoms with Crippen LogP contribution >= 0.6 is 0 Å². The van der Waals surface area contributed by atoms with Gasteiger partial charge in [0.1, 0.15) is 0 Å². The number of hydrogen-bond acceptors (Lipinski definition) is 3. The van der Waals surface area contributed by atoms with Crippen molar-refractivity contribution in [2.45, 2.75) is 45.3 Å². The van der Waals surface area contributed by atoms with Crippen LogP contribution < -0.4 is 0 Å². The Morgan fingerprint density at radius 3 is 2.70 bits per heavy atom. The van der Waals surface area contributed by atoms with Gasteiger partial charge in [0.2, 0.25) is 0 Å². The molecular formula is C17H26N2O. The summed E-state index contributed by atoms with van der Waals surface area (Å²) >= 11 is 0. The highest BCUT2D eigenvalue weighted by Crippen LogP contribution is 2.23. The summed E-state index contributed by atoms with van der Waals surface area (Å²) in [6.07, 6.45) is 6.54. The lowest BCUT2D eigenvalue weighted by molar-refractivity contribution is 0.0387. The fourth-order valence-corrected chi connectivity index (χ4v) is 2.84. The smallest absolute Gasteiger partial charge is 0.0626 e. The van der Waals surface area contributed by atoms with Gasteiger partial charge in [0.15, 0.2) is 0 Å². The van der Waals surface area contributed by atoms with Gasteiger partial charge in [0.05, 0.1) is 11.8 Å². The zero-order valence-corrected chi connectivity index (χ0v) is 12.9. The average Bonchev–Trinajstić information content (AvgIpc) is 2.48. The molecule has 0 atom stereocenters. The Hall–Kier alpha value is -1.19. The van der Waals surface area contributed by atoms with Crippen molar-refractivity contribution in [2.24, 2.45) is 0 Å². The third kappa shape index (κ3) is 3.68. The van der Waals surface area contributed by atoms with Gasteiger partial charge in [-0.2, -0.15) is 0 Å². The molecule has 3 nitrogen and oxygen atoms in total. The Bertz CT molecular complexity index is 448. The van der Waals surface area contributed by atoms with E-state index in [2.05, 4.69) is 36.4 Å². The van der Waals surface area contributed by atoms with Crippen LogP contribution in [0.2, 0.25) is 0 Å². The molecule has 0 aliphatic carbocycles. The fraction of sp³-hybridized carbons (Fsp3) is 0.588. The van der Waals surface area contributed by atoms with Crippen LogP contribution in [0.1, 0.15) is 49.4 Å². The molecule has 0 spiro atoms. The second-order valence-corrected chi connectivity index (χ2v) is 5.88. The van der Waals surface area contributed by atoms with Gasteiger partial charge in [-0.25, -0.2) is 0 Å². The van der Waals surface area contributed by atoms with Crippen LogP contribution in [0.3, 0.4) is 0 Å². The first-order valence-corrected chi connectivity index (χ1v) is 7.50. The van der Waals surface area contributed by atoms with E-state index in [9.17, 15) is 0 Å². The number of aromatic nitrogens is 1. The lowest BCUT2D eigenvalue weighted by Gasteiger charge is -2.31. The van der Waals surface area contributed by atoms with E-state index < -0.39 is 0 Å². The van der Waals surface area contributed by atoms with Crippen LogP contribution in [0, 0.1) is 0 Å². The molecule has 0 N–H and O–H groups in total.